The Morgan fingerprint density at radius 3 is 2.57 bits per heavy atom. The molecule has 2 saturated heterocycles. The molecule has 28 heavy (non-hydrogen) atoms. The fourth-order valence-corrected chi connectivity index (χ4v) is 3.74. The molecule has 1 atom stereocenters. The number of hydrogen-bond acceptors (Lipinski definition) is 5. The minimum Gasteiger partial charge on any atom is -0.443 e. The van der Waals surface area contributed by atoms with Gasteiger partial charge in [0.1, 0.15) is 11.3 Å². The van der Waals surface area contributed by atoms with E-state index in [-0.39, 0.29) is 17.2 Å². The Labute approximate surface area is 165 Å². The second-order valence-corrected chi connectivity index (χ2v) is 8.64. The van der Waals surface area contributed by atoms with Gasteiger partial charge in [-0.25, -0.2) is 9.78 Å². The monoisotopic (exact) mass is 390 g/mol. The fourth-order valence-electron chi connectivity index (χ4n) is 3.74. The van der Waals surface area contributed by atoms with Crippen LogP contribution in [0.15, 0.2) is 15.6 Å². The Kier molecular flexibility index (Phi) is 5.36. The SMILES string of the molecule is CN=C(NCc1ncc(C(C)(C)C)o1)N1CCC(C2(C)NC(=O)NC2=O)CC1. The molecule has 2 aliphatic rings. The van der Waals surface area contributed by atoms with Crippen LogP contribution in [0.25, 0.3) is 0 Å². The third-order valence-corrected chi connectivity index (χ3v) is 5.59. The van der Waals surface area contributed by atoms with Crippen LogP contribution in [0.4, 0.5) is 4.79 Å². The molecule has 9 heteroatoms. The smallest absolute Gasteiger partial charge is 0.322 e. The van der Waals surface area contributed by atoms with E-state index in [4.69, 9.17) is 4.42 Å². The van der Waals surface area contributed by atoms with Gasteiger partial charge in [0.25, 0.3) is 5.91 Å². The number of piperidine rings is 1. The zero-order valence-corrected chi connectivity index (χ0v) is 17.3. The molecule has 2 aliphatic heterocycles. The highest BCUT2D eigenvalue weighted by molar-refractivity contribution is 6.07. The van der Waals surface area contributed by atoms with E-state index in [9.17, 15) is 9.59 Å². The molecule has 0 spiro atoms. The minimum absolute atomic E-state index is 0.0765. The van der Waals surface area contributed by atoms with Crippen molar-refractivity contribution in [1.82, 2.24) is 25.8 Å². The number of aliphatic imine (C=N–C) groups is 1. The second-order valence-electron chi connectivity index (χ2n) is 8.64. The number of nitrogens with one attached hydrogen (secondary N) is 3. The summed E-state index contributed by atoms with van der Waals surface area (Å²) >= 11 is 0. The fraction of sp³-hybridized carbons (Fsp3) is 0.684. The minimum atomic E-state index is -0.832. The second kappa shape index (κ2) is 7.44. The number of amides is 3. The number of carbonyl (C=O) groups excluding carboxylic acids is 2. The molecule has 3 amide bonds. The summed E-state index contributed by atoms with van der Waals surface area (Å²) in [5, 5.41) is 8.43. The molecule has 154 valence electrons. The van der Waals surface area contributed by atoms with Crippen molar-refractivity contribution in [3.05, 3.63) is 17.8 Å². The molecule has 0 radical (unpaired) electrons. The molecular formula is C19H30N6O3. The van der Waals surface area contributed by atoms with Crippen molar-refractivity contribution in [3.8, 4) is 0 Å². The zero-order valence-electron chi connectivity index (χ0n) is 17.3. The van der Waals surface area contributed by atoms with Crippen LogP contribution < -0.4 is 16.0 Å². The van der Waals surface area contributed by atoms with Crippen molar-refractivity contribution in [2.75, 3.05) is 20.1 Å². The molecule has 1 aromatic rings. The zero-order chi connectivity index (χ0) is 20.5. The Morgan fingerprint density at radius 1 is 1.39 bits per heavy atom. The van der Waals surface area contributed by atoms with E-state index in [0.29, 0.717) is 12.4 Å². The van der Waals surface area contributed by atoms with E-state index in [2.05, 4.69) is 51.6 Å². The van der Waals surface area contributed by atoms with Gasteiger partial charge in [-0.3, -0.25) is 15.1 Å². The average Bonchev–Trinajstić information content (AvgIpc) is 3.21. The Balaban J connectivity index is 1.55. The molecular weight excluding hydrogens is 360 g/mol. The summed E-state index contributed by atoms with van der Waals surface area (Å²) in [6.45, 7) is 10.0. The molecule has 3 heterocycles. The molecule has 1 aromatic heterocycles. The molecule has 1 unspecified atom stereocenters. The maximum absolute atomic E-state index is 12.1. The van der Waals surface area contributed by atoms with Crippen LogP contribution in [0, 0.1) is 5.92 Å². The topological polar surface area (TPSA) is 112 Å². The molecule has 0 aliphatic carbocycles. The first-order valence-corrected chi connectivity index (χ1v) is 9.68. The lowest BCUT2D eigenvalue weighted by atomic mass is 9.79. The van der Waals surface area contributed by atoms with E-state index in [1.807, 2.05) is 0 Å². The molecule has 3 N–H and O–H groups in total. The van der Waals surface area contributed by atoms with Crippen molar-refractivity contribution in [3.63, 3.8) is 0 Å². The number of imide groups is 1. The summed E-state index contributed by atoms with van der Waals surface area (Å²) in [4.78, 5) is 34.5. The lowest BCUT2D eigenvalue weighted by Gasteiger charge is -2.39. The first-order valence-electron chi connectivity index (χ1n) is 9.68. The maximum Gasteiger partial charge on any atom is 0.322 e. The first kappa shape index (κ1) is 20.2. The van der Waals surface area contributed by atoms with Crippen LogP contribution in [0.3, 0.4) is 0 Å². The van der Waals surface area contributed by atoms with E-state index >= 15 is 0 Å². The predicted molar refractivity (Wildman–Crippen MR) is 105 cm³/mol. The maximum atomic E-state index is 12.1. The van der Waals surface area contributed by atoms with E-state index in [0.717, 1.165) is 37.7 Å². The number of rotatable bonds is 3. The first-order chi connectivity index (χ1) is 13.1. The number of oxazole rings is 1. The van der Waals surface area contributed by atoms with Gasteiger partial charge in [-0.1, -0.05) is 20.8 Å². The van der Waals surface area contributed by atoms with E-state index in [1.54, 1.807) is 20.2 Å². The van der Waals surface area contributed by atoms with Crippen molar-refractivity contribution in [1.29, 1.82) is 0 Å². The van der Waals surface area contributed by atoms with E-state index < -0.39 is 11.6 Å². The van der Waals surface area contributed by atoms with Gasteiger partial charge in [-0.05, 0) is 25.7 Å². The highest BCUT2D eigenvalue weighted by Gasteiger charge is 2.48. The van der Waals surface area contributed by atoms with Crippen LogP contribution in [0.2, 0.25) is 0 Å². The number of likely N-dealkylation sites (tertiary alicyclic amines) is 1. The van der Waals surface area contributed by atoms with Crippen LogP contribution in [-0.2, 0) is 16.8 Å². The van der Waals surface area contributed by atoms with Gasteiger partial charge < -0.3 is 20.0 Å². The average molecular weight is 390 g/mol. The Morgan fingerprint density at radius 2 is 2.07 bits per heavy atom. The standard InChI is InChI=1S/C19H30N6O3/c1-18(2,3)13-10-21-14(28-13)11-22-16(20-5)25-8-6-12(7-9-25)19(4)15(26)23-17(27)24-19/h10,12H,6-9,11H2,1-5H3,(H,20,22)(H2,23,24,26,27). The largest absolute Gasteiger partial charge is 0.443 e. The summed E-state index contributed by atoms with van der Waals surface area (Å²) in [5.74, 6) is 2.11. The van der Waals surface area contributed by atoms with Crippen molar-refractivity contribution in [2.24, 2.45) is 10.9 Å². The third kappa shape index (κ3) is 3.98. The molecule has 2 fully saturated rings. The van der Waals surface area contributed by atoms with Gasteiger partial charge >= 0.3 is 6.03 Å². The Bertz CT molecular complexity index is 773. The number of urea groups is 1. The number of aromatic nitrogens is 1. The van der Waals surface area contributed by atoms with Crippen molar-refractivity contribution < 1.29 is 14.0 Å². The summed E-state index contributed by atoms with van der Waals surface area (Å²) in [7, 11) is 1.75. The van der Waals surface area contributed by atoms with Crippen molar-refractivity contribution in [2.45, 2.75) is 58.0 Å². The van der Waals surface area contributed by atoms with Crippen molar-refractivity contribution >= 4 is 17.9 Å². The lowest BCUT2D eigenvalue weighted by Crippen LogP contribution is -2.55. The number of nitrogens with zero attached hydrogens (tertiary/aromatic N) is 3. The van der Waals surface area contributed by atoms with Crippen LogP contribution in [0.1, 0.15) is 52.2 Å². The molecule has 0 bridgehead atoms. The Hall–Kier alpha value is -2.58. The predicted octanol–water partition coefficient (Wildman–Crippen LogP) is 1.36. The summed E-state index contributed by atoms with van der Waals surface area (Å²) in [6, 6.07) is -0.409. The molecule has 0 saturated carbocycles. The number of carbonyl (C=O) groups is 2. The van der Waals surface area contributed by atoms with Gasteiger partial charge in [0.15, 0.2) is 5.96 Å². The molecule has 3 rings (SSSR count). The quantitative estimate of drug-likeness (QED) is 0.408. The van der Waals surface area contributed by atoms with Crippen LogP contribution in [-0.4, -0.2) is 53.5 Å². The summed E-state index contributed by atoms with van der Waals surface area (Å²) in [6.07, 6.45) is 3.35. The van der Waals surface area contributed by atoms with Gasteiger partial charge in [0.05, 0.1) is 12.7 Å². The van der Waals surface area contributed by atoms with E-state index in [1.165, 1.54) is 0 Å². The summed E-state index contributed by atoms with van der Waals surface area (Å²) in [5.41, 5.74) is -0.908. The van der Waals surface area contributed by atoms with Gasteiger partial charge in [0.2, 0.25) is 5.89 Å². The number of guanidine groups is 1. The summed E-state index contributed by atoms with van der Waals surface area (Å²) < 4.78 is 5.82. The third-order valence-electron chi connectivity index (χ3n) is 5.59. The highest BCUT2D eigenvalue weighted by Crippen LogP contribution is 2.30. The van der Waals surface area contributed by atoms with Gasteiger partial charge in [-0.15, -0.1) is 0 Å². The molecule has 9 nitrogen and oxygen atoms in total. The van der Waals surface area contributed by atoms with Gasteiger partial charge in [-0.2, -0.15) is 0 Å². The van der Waals surface area contributed by atoms with Crippen LogP contribution >= 0.6 is 0 Å². The normalized spacial score (nSPS) is 24.3. The van der Waals surface area contributed by atoms with Crippen LogP contribution in [0.5, 0.6) is 0 Å². The van der Waals surface area contributed by atoms with Gasteiger partial charge in [0, 0.05) is 25.6 Å². The lowest BCUT2D eigenvalue weighted by molar-refractivity contribution is -0.125. The number of hydrogen-bond donors (Lipinski definition) is 3. The molecule has 0 aromatic carbocycles. The highest BCUT2D eigenvalue weighted by atomic mass is 16.4.